The van der Waals surface area contributed by atoms with Crippen LogP contribution in [0.5, 0.6) is 0 Å². The predicted molar refractivity (Wildman–Crippen MR) is 72.6 cm³/mol. The minimum atomic E-state index is -4.60. The Morgan fingerprint density at radius 2 is 1.86 bits per heavy atom. The molecule has 0 spiro atoms. The van der Waals surface area contributed by atoms with Crippen LogP contribution in [-0.4, -0.2) is 49.8 Å². The van der Waals surface area contributed by atoms with Crippen molar-refractivity contribution in [3.8, 4) is 0 Å². The van der Waals surface area contributed by atoms with Crippen molar-refractivity contribution in [2.24, 2.45) is 5.73 Å². The predicted octanol–water partition coefficient (Wildman–Crippen LogP) is 1.01. The van der Waals surface area contributed by atoms with Gasteiger partial charge in [-0.15, -0.1) is 0 Å². The van der Waals surface area contributed by atoms with Crippen LogP contribution in [0.2, 0.25) is 0 Å². The third-order valence-electron chi connectivity index (χ3n) is 3.47. The summed E-state index contributed by atoms with van der Waals surface area (Å²) in [6.45, 7) is 3.11. The van der Waals surface area contributed by atoms with Gasteiger partial charge in [-0.1, -0.05) is 6.07 Å². The summed E-state index contributed by atoms with van der Waals surface area (Å²) >= 11 is 0. The first-order valence-electron chi connectivity index (χ1n) is 6.49. The largest absolute Gasteiger partial charge is 0.417 e. The number of carbonyl (C=O) groups is 1. The van der Waals surface area contributed by atoms with Crippen molar-refractivity contribution >= 4 is 13.9 Å². The van der Waals surface area contributed by atoms with Gasteiger partial charge in [0.2, 0.25) is 5.91 Å². The second-order valence-corrected chi connectivity index (χ2v) is 5.05. The van der Waals surface area contributed by atoms with Crippen LogP contribution in [0.3, 0.4) is 0 Å². The Morgan fingerprint density at radius 3 is 2.38 bits per heavy atom. The maximum Gasteiger partial charge on any atom is 0.417 e. The topological polar surface area (TPSA) is 49.6 Å². The molecule has 1 aromatic carbocycles. The fraction of sp³-hybridized carbons (Fsp3) is 0.462. The quantitative estimate of drug-likeness (QED) is 0.847. The number of hydrogen-bond donors (Lipinski definition) is 1. The van der Waals surface area contributed by atoms with Gasteiger partial charge in [-0.2, -0.15) is 13.2 Å². The van der Waals surface area contributed by atoms with Crippen LogP contribution < -0.4 is 5.73 Å². The molecule has 1 aliphatic heterocycles. The summed E-state index contributed by atoms with van der Waals surface area (Å²) in [6, 6.07) is 3.64. The first-order chi connectivity index (χ1) is 9.77. The molecule has 0 unspecified atom stereocenters. The Bertz CT molecular complexity index is 528. The lowest BCUT2D eigenvalue weighted by Crippen LogP contribution is -2.44. The highest BCUT2D eigenvalue weighted by molar-refractivity contribution is 6.04. The molecule has 1 aromatic rings. The Balaban J connectivity index is 2.20. The number of piperazine rings is 1. The molecule has 112 valence electrons. The molecule has 0 aliphatic carbocycles. The van der Waals surface area contributed by atoms with Gasteiger partial charge >= 0.3 is 6.18 Å². The lowest BCUT2D eigenvalue weighted by atomic mass is 10.0. The van der Waals surface area contributed by atoms with E-state index in [1.807, 2.05) is 4.90 Å². The summed E-state index contributed by atoms with van der Waals surface area (Å²) in [5.74, 6) is -1.08. The highest BCUT2D eigenvalue weighted by Crippen LogP contribution is 2.32. The lowest BCUT2D eigenvalue weighted by Gasteiger charge is -2.33. The summed E-state index contributed by atoms with van der Waals surface area (Å²) in [4.78, 5) is 14.8. The van der Waals surface area contributed by atoms with E-state index < -0.39 is 23.2 Å². The average Bonchev–Trinajstić information content (AvgIpc) is 2.40. The number of nitrogens with two attached hydrogens (primary N) is 1. The van der Waals surface area contributed by atoms with E-state index in [9.17, 15) is 18.0 Å². The van der Waals surface area contributed by atoms with Gasteiger partial charge in [0, 0.05) is 19.6 Å². The van der Waals surface area contributed by atoms with Crippen molar-refractivity contribution in [1.82, 2.24) is 9.71 Å². The van der Waals surface area contributed by atoms with Crippen molar-refractivity contribution in [3.05, 3.63) is 34.9 Å². The zero-order chi connectivity index (χ0) is 15.6. The average molecular weight is 297 g/mol. The second-order valence-electron chi connectivity index (χ2n) is 5.05. The van der Waals surface area contributed by atoms with Crippen LogP contribution in [0.15, 0.2) is 18.2 Å². The fourth-order valence-corrected chi connectivity index (χ4v) is 2.32. The van der Waals surface area contributed by atoms with Crippen LogP contribution in [0.25, 0.3) is 0 Å². The maximum absolute atomic E-state index is 13.0. The van der Waals surface area contributed by atoms with Crippen molar-refractivity contribution in [1.29, 1.82) is 0 Å². The van der Waals surface area contributed by atoms with Gasteiger partial charge in [0.15, 0.2) is 7.98 Å². The van der Waals surface area contributed by atoms with Crippen molar-refractivity contribution in [2.75, 3.05) is 26.2 Å². The third-order valence-corrected chi connectivity index (χ3v) is 3.47. The normalized spacial score (nSPS) is 17.9. The Morgan fingerprint density at radius 1 is 1.24 bits per heavy atom. The van der Waals surface area contributed by atoms with Crippen molar-refractivity contribution < 1.29 is 18.0 Å². The summed E-state index contributed by atoms with van der Waals surface area (Å²) in [5.41, 5.74) is 4.01. The third kappa shape index (κ3) is 3.98. The zero-order valence-corrected chi connectivity index (χ0v) is 11.4. The minimum Gasteiger partial charge on any atom is -0.366 e. The van der Waals surface area contributed by atoms with Gasteiger partial charge in [0.05, 0.1) is 11.1 Å². The Labute approximate surface area is 122 Å². The minimum absolute atomic E-state index is 0.385. The SMILES string of the molecule is [B]N1CCN(Cc2ccc(C(N)=O)c(C(F)(F)F)c2)CC1. The Hall–Kier alpha value is -1.54. The molecule has 2 rings (SSSR count). The van der Waals surface area contributed by atoms with Crippen LogP contribution in [0.1, 0.15) is 21.5 Å². The number of amides is 1. The molecule has 4 nitrogen and oxygen atoms in total. The number of benzene rings is 1. The van der Waals surface area contributed by atoms with Crippen LogP contribution in [0, 0.1) is 0 Å². The second kappa shape index (κ2) is 6.07. The molecule has 1 amide bonds. The van der Waals surface area contributed by atoms with Gasteiger partial charge in [0.1, 0.15) is 0 Å². The smallest absolute Gasteiger partial charge is 0.366 e. The van der Waals surface area contributed by atoms with Gasteiger partial charge in [-0.3, -0.25) is 9.69 Å². The first-order valence-corrected chi connectivity index (χ1v) is 6.49. The number of halogens is 3. The lowest BCUT2D eigenvalue weighted by molar-refractivity contribution is -0.138. The highest BCUT2D eigenvalue weighted by atomic mass is 19.4. The van der Waals surface area contributed by atoms with Crippen LogP contribution in [0.4, 0.5) is 13.2 Å². The molecule has 1 saturated heterocycles. The molecular weight excluding hydrogens is 282 g/mol. The van der Waals surface area contributed by atoms with Crippen molar-refractivity contribution in [3.63, 3.8) is 0 Å². The van der Waals surface area contributed by atoms with Gasteiger partial charge in [-0.05, 0) is 30.8 Å². The molecule has 0 bridgehead atoms. The van der Waals surface area contributed by atoms with Crippen molar-refractivity contribution in [2.45, 2.75) is 12.7 Å². The standard InChI is InChI=1S/C13H15BF3N3O/c14-20-5-3-19(4-6-20)8-9-1-2-10(12(18)21)11(7-9)13(15,16)17/h1-2,7H,3-6,8H2,(H2,18,21). The number of hydrogen-bond acceptors (Lipinski definition) is 3. The molecule has 0 saturated carbocycles. The van der Waals surface area contributed by atoms with E-state index in [2.05, 4.69) is 0 Å². The summed E-state index contributed by atoms with van der Waals surface area (Å²) in [7, 11) is 5.63. The van der Waals surface area contributed by atoms with E-state index >= 15 is 0 Å². The summed E-state index contributed by atoms with van der Waals surface area (Å²) < 4.78 is 38.9. The molecule has 0 atom stereocenters. The van der Waals surface area contributed by atoms with E-state index in [-0.39, 0.29) is 0 Å². The summed E-state index contributed by atoms with van der Waals surface area (Å²) in [5, 5.41) is 0. The van der Waals surface area contributed by atoms with Gasteiger partial charge in [0.25, 0.3) is 0 Å². The number of rotatable bonds is 3. The molecule has 1 aliphatic rings. The van der Waals surface area contributed by atoms with E-state index in [4.69, 9.17) is 13.7 Å². The monoisotopic (exact) mass is 297 g/mol. The zero-order valence-electron chi connectivity index (χ0n) is 11.4. The molecular formula is C13H15BF3N3O. The van der Waals surface area contributed by atoms with Crippen LogP contribution >= 0.6 is 0 Å². The number of carbonyl (C=O) groups excluding carboxylic acids is 1. The van der Waals surface area contributed by atoms with E-state index in [0.717, 1.165) is 12.1 Å². The molecule has 1 heterocycles. The number of nitrogens with zero attached hydrogens (tertiary/aromatic N) is 2. The maximum atomic E-state index is 13.0. The number of primary amides is 1. The highest BCUT2D eigenvalue weighted by Gasteiger charge is 2.35. The molecule has 0 aromatic heterocycles. The van der Waals surface area contributed by atoms with Gasteiger partial charge in [-0.25, -0.2) is 0 Å². The molecule has 1 fully saturated rings. The molecule has 21 heavy (non-hydrogen) atoms. The fourth-order valence-electron chi connectivity index (χ4n) is 2.32. The Kier molecular flexibility index (Phi) is 4.58. The first kappa shape index (κ1) is 15.8. The van der Waals surface area contributed by atoms with Gasteiger partial charge < -0.3 is 10.5 Å². The van der Waals surface area contributed by atoms with E-state index in [1.54, 1.807) is 4.81 Å². The molecule has 8 heteroatoms. The van der Waals surface area contributed by atoms with Crippen LogP contribution in [-0.2, 0) is 12.7 Å². The number of alkyl halides is 3. The van der Waals surface area contributed by atoms with E-state index in [1.165, 1.54) is 6.07 Å². The summed E-state index contributed by atoms with van der Waals surface area (Å²) in [6.07, 6.45) is -4.60. The molecule has 2 radical (unpaired) electrons. The molecule has 2 N–H and O–H groups in total. The van der Waals surface area contributed by atoms with E-state index in [0.29, 0.717) is 38.3 Å².